The van der Waals surface area contributed by atoms with E-state index in [4.69, 9.17) is 0 Å². The number of nitrogens with zero attached hydrogens (tertiary/aromatic N) is 4. The van der Waals surface area contributed by atoms with Gasteiger partial charge in [-0.3, -0.25) is 14.4 Å². The summed E-state index contributed by atoms with van der Waals surface area (Å²) in [4.78, 5) is 23.0. The van der Waals surface area contributed by atoms with Gasteiger partial charge < -0.3 is 4.90 Å². The molecule has 1 amide bonds. The highest BCUT2D eigenvalue weighted by Gasteiger charge is 2.30. The van der Waals surface area contributed by atoms with E-state index < -0.39 is 0 Å². The Kier molecular flexibility index (Phi) is 4.03. The van der Waals surface area contributed by atoms with Gasteiger partial charge in [0.2, 0.25) is 5.91 Å². The summed E-state index contributed by atoms with van der Waals surface area (Å²) in [6, 6.07) is 3.15. The van der Waals surface area contributed by atoms with E-state index in [1.807, 2.05) is 23.8 Å². The summed E-state index contributed by atoms with van der Waals surface area (Å²) in [7, 11) is 0. The Hall–Kier alpha value is -2.28. The fourth-order valence-corrected chi connectivity index (χ4v) is 3.75. The zero-order valence-corrected chi connectivity index (χ0v) is 15.3. The molecule has 7 heteroatoms. The van der Waals surface area contributed by atoms with Crippen molar-refractivity contribution in [1.82, 2.24) is 14.5 Å². The van der Waals surface area contributed by atoms with Crippen molar-refractivity contribution in [2.75, 3.05) is 13.1 Å². The predicted octanol–water partition coefficient (Wildman–Crippen LogP) is 3.03. The maximum atomic E-state index is 13.9. The molecule has 2 aliphatic rings. The first kappa shape index (κ1) is 16.2. The van der Waals surface area contributed by atoms with Gasteiger partial charge in [-0.05, 0) is 46.5 Å². The highest BCUT2D eigenvalue weighted by atomic mass is 79.9. The number of amides is 1. The minimum atomic E-state index is -0.288. The first-order valence-corrected chi connectivity index (χ1v) is 8.94. The molecule has 128 valence electrons. The monoisotopic (exact) mass is 402 g/mol. The number of halogens is 2. The number of carbonyl (C=O) groups is 1. The second-order valence-corrected chi connectivity index (χ2v) is 6.81. The molecular formula is C18H16BrFN4O. The highest BCUT2D eigenvalue weighted by Crippen LogP contribution is 2.35. The molecule has 0 atom stereocenters. The molecule has 0 unspecified atom stereocenters. The van der Waals surface area contributed by atoms with Gasteiger partial charge in [0, 0.05) is 24.4 Å². The quantitative estimate of drug-likeness (QED) is 0.735. The number of hydrogen-bond acceptors (Lipinski definition) is 3. The van der Waals surface area contributed by atoms with Crippen LogP contribution in [-0.2, 0) is 17.6 Å². The lowest BCUT2D eigenvalue weighted by atomic mass is 9.96. The van der Waals surface area contributed by atoms with Crippen molar-refractivity contribution < 1.29 is 9.18 Å². The van der Waals surface area contributed by atoms with Crippen LogP contribution in [-0.4, -0.2) is 39.3 Å². The fraction of sp³-hybridized carbons (Fsp3) is 0.278. The average Bonchev–Trinajstić information content (AvgIpc) is 3.03. The number of benzene rings is 1. The predicted molar refractivity (Wildman–Crippen MR) is 96.8 cm³/mol. The summed E-state index contributed by atoms with van der Waals surface area (Å²) in [6.45, 7) is 2.65. The van der Waals surface area contributed by atoms with Crippen LogP contribution in [0.1, 0.15) is 23.7 Å². The van der Waals surface area contributed by atoms with Crippen molar-refractivity contribution in [2.45, 2.75) is 19.8 Å². The standard InChI is InChI=1S/C18H16BrFN4O/c1-2-11-9-23(10-22-11)16-7-15-12-3-4-14(20)18(19)13(12)5-6-24(15)17(25)8-21-16/h3-4,7,9-10H,2,5-6,8H2,1H3. The molecule has 0 saturated heterocycles. The van der Waals surface area contributed by atoms with Crippen LogP contribution in [0, 0.1) is 5.82 Å². The molecule has 0 bridgehead atoms. The lowest BCUT2D eigenvalue weighted by Crippen LogP contribution is -2.36. The number of hydrogen-bond donors (Lipinski definition) is 0. The number of aryl methyl sites for hydroxylation is 1. The van der Waals surface area contributed by atoms with E-state index in [0.29, 0.717) is 23.3 Å². The van der Waals surface area contributed by atoms with Crippen LogP contribution >= 0.6 is 15.9 Å². The Balaban J connectivity index is 1.85. The summed E-state index contributed by atoms with van der Waals surface area (Å²) in [5, 5.41) is 0. The Morgan fingerprint density at radius 2 is 2.20 bits per heavy atom. The zero-order chi connectivity index (χ0) is 17.6. The van der Waals surface area contributed by atoms with Crippen molar-refractivity contribution in [2.24, 2.45) is 4.99 Å². The third-order valence-electron chi connectivity index (χ3n) is 4.55. The zero-order valence-electron chi connectivity index (χ0n) is 13.7. The SMILES string of the molecule is CCc1cn(C2=NCC(=O)N3CCc4c(ccc(F)c4Br)C3=C2)cn1. The number of allylic oxidation sites excluding steroid dienone is 1. The second kappa shape index (κ2) is 6.22. The molecule has 3 heterocycles. The normalized spacial score (nSPS) is 16.8. The highest BCUT2D eigenvalue weighted by molar-refractivity contribution is 9.10. The first-order valence-electron chi connectivity index (χ1n) is 8.15. The minimum absolute atomic E-state index is 0.0526. The molecule has 5 nitrogen and oxygen atoms in total. The van der Waals surface area contributed by atoms with E-state index in [0.717, 1.165) is 28.9 Å². The Morgan fingerprint density at radius 3 is 2.96 bits per heavy atom. The van der Waals surface area contributed by atoms with Crippen LogP contribution in [0.2, 0.25) is 0 Å². The van der Waals surface area contributed by atoms with E-state index in [2.05, 4.69) is 25.9 Å². The topological polar surface area (TPSA) is 50.5 Å². The first-order chi connectivity index (χ1) is 12.1. The molecule has 2 aliphatic heterocycles. The van der Waals surface area contributed by atoms with E-state index >= 15 is 0 Å². The molecule has 0 N–H and O–H groups in total. The van der Waals surface area contributed by atoms with Gasteiger partial charge in [0.1, 0.15) is 24.5 Å². The number of aromatic nitrogens is 2. The van der Waals surface area contributed by atoms with Crippen molar-refractivity contribution in [1.29, 1.82) is 0 Å². The average molecular weight is 403 g/mol. The van der Waals surface area contributed by atoms with Crippen LogP contribution in [0.3, 0.4) is 0 Å². The Morgan fingerprint density at radius 1 is 1.36 bits per heavy atom. The maximum absolute atomic E-state index is 13.9. The molecule has 0 spiro atoms. The third kappa shape index (κ3) is 2.72. The number of aliphatic imine (C=N–C) groups is 1. The lowest BCUT2D eigenvalue weighted by molar-refractivity contribution is -0.126. The minimum Gasteiger partial charge on any atom is -0.310 e. The molecule has 25 heavy (non-hydrogen) atoms. The van der Waals surface area contributed by atoms with Crippen LogP contribution in [0.5, 0.6) is 0 Å². The van der Waals surface area contributed by atoms with Crippen LogP contribution in [0.25, 0.3) is 5.70 Å². The second-order valence-electron chi connectivity index (χ2n) is 6.01. The molecule has 1 aromatic carbocycles. The van der Waals surface area contributed by atoms with Crippen LogP contribution < -0.4 is 0 Å². The molecule has 0 fully saturated rings. The summed E-state index contributed by atoms with van der Waals surface area (Å²) >= 11 is 3.34. The van der Waals surface area contributed by atoms with Gasteiger partial charge in [-0.25, -0.2) is 9.37 Å². The van der Waals surface area contributed by atoms with E-state index in [1.165, 1.54) is 6.07 Å². The molecule has 4 rings (SSSR count). The van der Waals surface area contributed by atoms with Gasteiger partial charge in [-0.1, -0.05) is 6.92 Å². The van der Waals surface area contributed by atoms with Crippen molar-refractivity contribution in [3.05, 3.63) is 57.8 Å². The Bertz CT molecular complexity index is 931. The molecular weight excluding hydrogens is 387 g/mol. The summed E-state index contributed by atoms with van der Waals surface area (Å²) in [5.41, 5.74) is 3.46. The van der Waals surface area contributed by atoms with Crippen LogP contribution in [0.15, 0.2) is 40.2 Å². The molecule has 0 radical (unpaired) electrons. The number of imidazole rings is 1. The van der Waals surface area contributed by atoms with Gasteiger partial charge in [0.25, 0.3) is 0 Å². The summed E-state index contributed by atoms with van der Waals surface area (Å²) in [6.07, 6.45) is 6.95. The van der Waals surface area contributed by atoms with Gasteiger partial charge in [-0.15, -0.1) is 0 Å². The van der Waals surface area contributed by atoms with Gasteiger partial charge in [-0.2, -0.15) is 0 Å². The number of rotatable bonds is 1. The van der Waals surface area contributed by atoms with Gasteiger partial charge in [0.15, 0.2) is 0 Å². The molecule has 1 aromatic heterocycles. The van der Waals surface area contributed by atoms with E-state index in [1.54, 1.807) is 17.3 Å². The molecule has 2 aromatic rings. The smallest absolute Gasteiger partial charge is 0.248 e. The van der Waals surface area contributed by atoms with E-state index in [-0.39, 0.29) is 18.3 Å². The third-order valence-corrected chi connectivity index (χ3v) is 5.41. The molecule has 0 aliphatic carbocycles. The molecule has 0 saturated carbocycles. The fourth-order valence-electron chi connectivity index (χ4n) is 3.21. The summed E-state index contributed by atoms with van der Waals surface area (Å²) < 4.78 is 16.2. The largest absolute Gasteiger partial charge is 0.310 e. The van der Waals surface area contributed by atoms with Crippen molar-refractivity contribution in [3.8, 4) is 0 Å². The van der Waals surface area contributed by atoms with Crippen LogP contribution in [0.4, 0.5) is 4.39 Å². The number of carbonyl (C=O) groups excluding carboxylic acids is 1. The summed E-state index contributed by atoms with van der Waals surface area (Å²) in [5.74, 6) is 0.318. The number of fused-ring (bicyclic) bond motifs is 3. The maximum Gasteiger partial charge on any atom is 0.248 e. The van der Waals surface area contributed by atoms with Crippen molar-refractivity contribution in [3.63, 3.8) is 0 Å². The lowest BCUT2D eigenvalue weighted by Gasteiger charge is -2.31. The van der Waals surface area contributed by atoms with Gasteiger partial charge in [0.05, 0.1) is 15.9 Å². The Labute approximate surface area is 153 Å². The van der Waals surface area contributed by atoms with E-state index in [9.17, 15) is 9.18 Å². The van der Waals surface area contributed by atoms with Crippen molar-refractivity contribution >= 4 is 33.4 Å². The van der Waals surface area contributed by atoms with Gasteiger partial charge >= 0.3 is 0 Å².